The predicted molar refractivity (Wildman–Crippen MR) is 80.9 cm³/mol. The molecule has 1 aromatic heterocycles. The quantitative estimate of drug-likeness (QED) is 0.779. The third-order valence-corrected chi connectivity index (χ3v) is 4.70. The van der Waals surface area contributed by atoms with Crippen molar-refractivity contribution in [2.75, 3.05) is 0 Å². The lowest BCUT2D eigenvalue weighted by Crippen LogP contribution is -2.16. The molecule has 5 nitrogen and oxygen atoms in total. The lowest BCUT2D eigenvalue weighted by molar-refractivity contribution is -0.135. The van der Waals surface area contributed by atoms with E-state index in [1.807, 2.05) is 6.92 Å². The smallest absolute Gasteiger partial charge is 0.389 e. The van der Waals surface area contributed by atoms with Gasteiger partial charge in [0.05, 0.1) is 5.69 Å². The molecule has 0 aliphatic heterocycles. The molecule has 1 heterocycles. The van der Waals surface area contributed by atoms with Gasteiger partial charge in [0, 0.05) is 12.0 Å². The third-order valence-electron chi connectivity index (χ3n) is 3.47. The van der Waals surface area contributed by atoms with Crippen molar-refractivity contribution in [1.82, 2.24) is 4.98 Å². The van der Waals surface area contributed by atoms with Crippen LogP contribution in [0.2, 0.25) is 0 Å². The number of halogens is 3. The molecule has 132 valence electrons. The van der Waals surface area contributed by atoms with Crippen LogP contribution >= 0.6 is 0 Å². The summed E-state index contributed by atoms with van der Waals surface area (Å²) in [7, 11) is -4.69. The van der Waals surface area contributed by atoms with Crippen LogP contribution in [0.15, 0.2) is 34.9 Å². The molecule has 0 radical (unpaired) electrons. The number of hydrogen-bond acceptors (Lipinski definition) is 4. The molecule has 2 rings (SSSR count). The number of aryl methyl sites for hydroxylation is 1. The lowest BCUT2D eigenvalue weighted by Gasteiger charge is -2.16. The summed E-state index contributed by atoms with van der Waals surface area (Å²) in [5.41, 5.74) is 1.17. The highest BCUT2D eigenvalue weighted by Gasteiger charge is 2.33. The summed E-state index contributed by atoms with van der Waals surface area (Å²) < 4.78 is 74.8. The van der Waals surface area contributed by atoms with Crippen molar-refractivity contribution in [3.05, 3.63) is 41.8 Å². The third kappa shape index (κ3) is 4.81. The Labute approximate surface area is 137 Å². The van der Waals surface area contributed by atoms with Gasteiger partial charge in [0.25, 0.3) is 10.1 Å². The topological polar surface area (TPSA) is 80.4 Å². The molecule has 0 bridgehead atoms. The van der Waals surface area contributed by atoms with Crippen LogP contribution in [0.25, 0.3) is 11.5 Å². The average Bonchev–Trinajstić information content (AvgIpc) is 2.94. The Morgan fingerprint density at radius 2 is 2.04 bits per heavy atom. The summed E-state index contributed by atoms with van der Waals surface area (Å²) in [5, 5.41) is -1.67. The van der Waals surface area contributed by atoms with Gasteiger partial charge >= 0.3 is 6.18 Å². The Kier molecular flexibility index (Phi) is 5.34. The molecule has 0 saturated carbocycles. The van der Waals surface area contributed by atoms with Crippen molar-refractivity contribution in [3.63, 3.8) is 0 Å². The Balaban J connectivity index is 2.35. The van der Waals surface area contributed by atoms with E-state index in [-0.39, 0.29) is 11.5 Å². The molecular formula is C15H16F3NO4S. The van der Waals surface area contributed by atoms with Crippen LogP contribution in [-0.4, -0.2) is 24.1 Å². The zero-order valence-electron chi connectivity index (χ0n) is 12.7. The summed E-state index contributed by atoms with van der Waals surface area (Å²) in [4.78, 5) is 4.19. The molecular weight excluding hydrogens is 347 g/mol. The molecule has 1 atom stereocenters. The minimum atomic E-state index is -4.69. The first-order chi connectivity index (χ1) is 11.1. The van der Waals surface area contributed by atoms with Gasteiger partial charge in [-0.15, -0.1) is 0 Å². The van der Waals surface area contributed by atoms with Crippen molar-refractivity contribution in [2.24, 2.45) is 0 Å². The van der Waals surface area contributed by atoms with Crippen molar-refractivity contribution in [3.8, 4) is 11.5 Å². The fourth-order valence-electron chi connectivity index (χ4n) is 2.26. The molecule has 0 aliphatic carbocycles. The van der Waals surface area contributed by atoms with Gasteiger partial charge in [-0.25, -0.2) is 4.98 Å². The van der Waals surface area contributed by atoms with Gasteiger partial charge in [0.1, 0.15) is 11.5 Å². The van der Waals surface area contributed by atoms with Crippen LogP contribution in [0.4, 0.5) is 13.2 Å². The summed E-state index contributed by atoms with van der Waals surface area (Å²) in [5.74, 6) is 0.235. The summed E-state index contributed by atoms with van der Waals surface area (Å²) >= 11 is 0. The van der Waals surface area contributed by atoms with E-state index in [4.69, 9.17) is 4.42 Å². The molecule has 0 amide bonds. The second-order valence-corrected chi connectivity index (χ2v) is 6.88. The second-order valence-electron chi connectivity index (χ2n) is 5.28. The highest BCUT2D eigenvalue weighted by molar-refractivity contribution is 7.86. The van der Waals surface area contributed by atoms with E-state index >= 15 is 0 Å². The number of alkyl halides is 3. The van der Waals surface area contributed by atoms with E-state index < -0.39 is 34.4 Å². The van der Waals surface area contributed by atoms with Gasteiger partial charge in [0.15, 0.2) is 0 Å². The fourth-order valence-corrected chi connectivity index (χ4v) is 3.16. The van der Waals surface area contributed by atoms with Crippen LogP contribution < -0.4 is 0 Å². The van der Waals surface area contributed by atoms with E-state index in [2.05, 4.69) is 4.98 Å². The largest absolute Gasteiger partial charge is 0.444 e. The molecule has 2 aromatic rings. The lowest BCUT2D eigenvalue weighted by atomic mass is 10.0. The highest BCUT2D eigenvalue weighted by atomic mass is 32.2. The normalized spacial score (nSPS) is 13.9. The second kappa shape index (κ2) is 6.94. The Morgan fingerprint density at radius 1 is 1.33 bits per heavy atom. The molecule has 9 heteroatoms. The van der Waals surface area contributed by atoms with Gasteiger partial charge < -0.3 is 4.42 Å². The zero-order chi connectivity index (χ0) is 18.0. The van der Waals surface area contributed by atoms with Gasteiger partial charge in [-0.1, -0.05) is 19.1 Å². The molecule has 0 spiro atoms. The maximum atomic E-state index is 12.4. The van der Waals surface area contributed by atoms with E-state index in [0.717, 1.165) is 0 Å². The molecule has 1 unspecified atom stereocenters. The van der Waals surface area contributed by atoms with E-state index in [0.29, 0.717) is 17.7 Å². The van der Waals surface area contributed by atoms with E-state index in [1.165, 1.54) is 24.5 Å². The maximum Gasteiger partial charge on any atom is 0.389 e. The van der Waals surface area contributed by atoms with E-state index in [9.17, 15) is 26.1 Å². The van der Waals surface area contributed by atoms with Crippen LogP contribution in [0, 0.1) is 0 Å². The molecule has 1 aromatic carbocycles. The van der Waals surface area contributed by atoms with Gasteiger partial charge in [0.2, 0.25) is 5.89 Å². The number of benzene rings is 1. The summed E-state index contributed by atoms with van der Waals surface area (Å²) in [6, 6.07) is 5.79. The van der Waals surface area contributed by atoms with Crippen molar-refractivity contribution < 1.29 is 30.6 Å². The number of rotatable bonds is 6. The van der Waals surface area contributed by atoms with E-state index in [1.54, 1.807) is 6.07 Å². The minimum absolute atomic E-state index is 0.0514. The first-order valence-electron chi connectivity index (χ1n) is 7.18. The monoisotopic (exact) mass is 363 g/mol. The summed E-state index contributed by atoms with van der Waals surface area (Å²) in [6.45, 7) is 1.88. The molecule has 24 heavy (non-hydrogen) atoms. The summed E-state index contributed by atoms with van der Waals surface area (Å²) in [6.07, 6.45) is -4.51. The number of hydrogen-bond donors (Lipinski definition) is 1. The van der Waals surface area contributed by atoms with Crippen LogP contribution in [-0.2, 0) is 16.5 Å². The molecule has 0 aliphatic rings. The fraction of sp³-hybridized carbons (Fsp3) is 0.400. The van der Waals surface area contributed by atoms with Crippen LogP contribution in [0.3, 0.4) is 0 Å². The molecule has 1 N–H and O–H groups in total. The number of oxazole rings is 1. The van der Waals surface area contributed by atoms with Gasteiger partial charge in [-0.3, -0.25) is 4.55 Å². The number of nitrogens with zero attached hydrogens (tertiary/aromatic N) is 1. The minimum Gasteiger partial charge on any atom is -0.444 e. The average molecular weight is 363 g/mol. The molecule has 0 saturated heterocycles. The van der Waals surface area contributed by atoms with Gasteiger partial charge in [-0.2, -0.15) is 21.6 Å². The van der Waals surface area contributed by atoms with Crippen molar-refractivity contribution in [1.29, 1.82) is 0 Å². The van der Waals surface area contributed by atoms with Crippen LogP contribution in [0.5, 0.6) is 0 Å². The predicted octanol–water partition coefficient (Wildman–Crippen LogP) is 4.18. The van der Waals surface area contributed by atoms with Gasteiger partial charge in [-0.05, 0) is 30.5 Å². The Bertz CT molecular complexity index is 799. The first kappa shape index (κ1) is 18.5. The number of aromatic nitrogens is 1. The standard InChI is InChI=1S/C15H16F3NO4S/c1-2-12-9-23-14(19-12)11-5-3-4-10(8-11)13(24(20,21)22)6-7-15(16,17)18/h3-5,8-9,13H,2,6-7H2,1H3,(H,20,21,22). The Hall–Kier alpha value is -1.87. The highest BCUT2D eigenvalue weighted by Crippen LogP contribution is 2.33. The van der Waals surface area contributed by atoms with Crippen molar-refractivity contribution in [2.45, 2.75) is 37.6 Å². The Morgan fingerprint density at radius 3 is 2.58 bits per heavy atom. The first-order valence-corrected chi connectivity index (χ1v) is 8.68. The molecule has 0 fully saturated rings. The van der Waals surface area contributed by atoms with Crippen molar-refractivity contribution >= 4 is 10.1 Å². The maximum absolute atomic E-state index is 12.4. The zero-order valence-corrected chi connectivity index (χ0v) is 13.6. The van der Waals surface area contributed by atoms with Crippen LogP contribution in [0.1, 0.15) is 36.3 Å². The SMILES string of the molecule is CCc1coc(-c2cccc(C(CCC(F)(F)F)S(=O)(=O)O)c2)n1.